The van der Waals surface area contributed by atoms with Gasteiger partial charge in [-0.2, -0.15) is 0 Å². The third-order valence-corrected chi connectivity index (χ3v) is 5.93. The summed E-state index contributed by atoms with van der Waals surface area (Å²) in [6, 6.07) is 5.94. The van der Waals surface area contributed by atoms with Crippen molar-refractivity contribution in [1.82, 2.24) is 4.31 Å². The lowest BCUT2D eigenvalue weighted by molar-refractivity contribution is 0.231. The quantitative estimate of drug-likeness (QED) is 0.816. The zero-order valence-electron chi connectivity index (χ0n) is 11.4. The number of para-hydroxylation sites is 1. The highest BCUT2D eigenvalue weighted by atomic mass is 79.9. The minimum absolute atomic E-state index is 0.00216. The molecule has 0 radical (unpaired) electrons. The van der Waals surface area contributed by atoms with Crippen molar-refractivity contribution in [2.24, 2.45) is 0 Å². The van der Waals surface area contributed by atoms with Gasteiger partial charge in [0.1, 0.15) is 4.90 Å². The van der Waals surface area contributed by atoms with Crippen LogP contribution in [0.4, 0.5) is 10.5 Å². The number of rotatable bonds is 2. The molecule has 0 bridgehead atoms. The average Bonchev–Trinajstić information content (AvgIpc) is 2.41. The van der Waals surface area contributed by atoms with Gasteiger partial charge in [0.15, 0.2) is 0 Å². The summed E-state index contributed by atoms with van der Waals surface area (Å²) in [6.45, 7) is 3.70. The van der Waals surface area contributed by atoms with Gasteiger partial charge >= 0.3 is 6.03 Å². The summed E-state index contributed by atoms with van der Waals surface area (Å²) in [7, 11) is -2.25. The fourth-order valence-corrected chi connectivity index (χ4v) is 3.88. The molecule has 20 heavy (non-hydrogen) atoms. The first-order chi connectivity index (χ1) is 9.26. The molecule has 0 aliphatic carbocycles. The number of urea groups is 1. The lowest BCUT2D eigenvalue weighted by Gasteiger charge is -2.34. The molecule has 0 saturated carbocycles. The molecular formula is C13H15BrN2O3S. The van der Waals surface area contributed by atoms with E-state index in [1.54, 1.807) is 25.2 Å². The van der Waals surface area contributed by atoms with Crippen molar-refractivity contribution in [2.75, 3.05) is 18.5 Å². The van der Waals surface area contributed by atoms with Crippen molar-refractivity contribution in [3.63, 3.8) is 0 Å². The Morgan fingerprint density at radius 3 is 2.45 bits per heavy atom. The van der Waals surface area contributed by atoms with Gasteiger partial charge in [0.05, 0.1) is 12.2 Å². The molecule has 7 heteroatoms. The largest absolute Gasteiger partial charge is 0.338 e. The van der Waals surface area contributed by atoms with Gasteiger partial charge in [-0.25, -0.2) is 17.5 Å². The van der Waals surface area contributed by atoms with Crippen LogP contribution in [-0.4, -0.2) is 32.3 Å². The molecule has 2 amide bonds. The monoisotopic (exact) mass is 358 g/mol. The smallest absolute Gasteiger partial charge is 0.295 e. The zero-order valence-corrected chi connectivity index (χ0v) is 13.8. The summed E-state index contributed by atoms with van der Waals surface area (Å²) in [4.78, 5) is 13.8. The summed E-state index contributed by atoms with van der Waals surface area (Å²) in [6.07, 6.45) is 0. The second kappa shape index (κ2) is 5.21. The first-order valence-corrected chi connectivity index (χ1v) is 8.21. The first kappa shape index (κ1) is 15.1. The van der Waals surface area contributed by atoms with E-state index < -0.39 is 16.1 Å². The standard InChI is InChI=1S/C13H15BrN2O3S/c1-9(2)10(14)8-16-13(17)15(3)11-6-4-5-7-12(11)20(16,18)19/h4-7H,8H2,1-3H3. The molecule has 0 saturated heterocycles. The third kappa shape index (κ3) is 2.35. The van der Waals surface area contributed by atoms with E-state index in [1.165, 1.54) is 11.0 Å². The Morgan fingerprint density at radius 1 is 1.25 bits per heavy atom. The molecule has 2 rings (SSSR count). The minimum Gasteiger partial charge on any atom is -0.295 e. The predicted molar refractivity (Wildman–Crippen MR) is 81.4 cm³/mol. The summed E-state index contributed by atoms with van der Waals surface area (Å²) in [5.74, 6) is 0. The highest BCUT2D eigenvalue weighted by Crippen LogP contribution is 2.34. The van der Waals surface area contributed by atoms with Crippen LogP contribution in [0.25, 0.3) is 0 Å². The minimum atomic E-state index is -3.82. The summed E-state index contributed by atoms with van der Waals surface area (Å²) < 4.78 is 26.7. The summed E-state index contributed by atoms with van der Waals surface area (Å²) >= 11 is 3.32. The Balaban J connectivity index is 2.57. The van der Waals surface area contributed by atoms with Gasteiger partial charge in [0, 0.05) is 11.5 Å². The average molecular weight is 359 g/mol. The number of carbonyl (C=O) groups excluding carboxylic acids is 1. The third-order valence-electron chi connectivity index (χ3n) is 3.12. The van der Waals surface area contributed by atoms with Crippen LogP contribution in [0.1, 0.15) is 13.8 Å². The van der Waals surface area contributed by atoms with Gasteiger partial charge in [-0.1, -0.05) is 33.6 Å². The van der Waals surface area contributed by atoms with Gasteiger partial charge < -0.3 is 0 Å². The molecule has 0 spiro atoms. The number of hydrogen-bond acceptors (Lipinski definition) is 3. The molecule has 1 aromatic rings. The predicted octanol–water partition coefficient (Wildman–Crippen LogP) is 2.94. The van der Waals surface area contributed by atoms with Gasteiger partial charge in [-0.3, -0.25) is 4.90 Å². The van der Waals surface area contributed by atoms with Crippen molar-refractivity contribution in [3.05, 3.63) is 34.3 Å². The Labute approximate surface area is 127 Å². The second-order valence-electron chi connectivity index (χ2n) is 4.73. The summed E-state index contributed by atoms with van der Waals surface area (Å²) in [5, 5.41) is 0. The molecule has 0 atom stereocenters. The van der Waals surface area contributed by atoms with E-state index in [2.05, 4.69) is 15.9 Å². The van der Waals surface area contributed by atoms with Gasteiger partial charge in [-0.15, -0.1) is 0 Å². The molecule has 0 aromatic heterocycles. The fourth-order valence-electron chi connectivity index (χ4n) is 1.88. The molecule has 108 valence electrons. The van der Waals surface area contributed by atoms with Crippen LogP contribution in [-0.2, 0) is 10.0 Å². The molecular weight excluding hydrogens is 344 g/mol. The molecule has 1 aromatic carbocycles. The van der Waals surface area contributed by atoms with Gasteiger partial charge in [0.2, 0.25) is 0 Å². The first-order valence-electron chi connectivity index (χ1n) is 5.98. The van der Waals surface area contributed by atoms with Crippen molar-refractivity contribution < 1.29 is 13.2 Å². The molecule has 1 aliphatic heterocycles. The maximum absolute atomic E-state index is 12.6. The molecule has 1 aliphatic rings. The molecule has 5 nitrogen and oxygen atoms in total. The number of sulfonamides is 1. The number of benzene rings is 1. The fraction of sp³-hybridized carbons (Fsp3) is 0.308. The van der Waals surface area contributed by atoms with Crippen molar-refractivity contribution in [3.8, 4) is 0 Å². The van der Waals surface area contributed by atoms with Crippen molar-refractivity contribution in [1.29, 1.82) is 0 Å². The molecule has 0 N–H and O–H groups in total. The Hall–Kier alpha value is -1.34. The topological polar surface area (TPSA) is 57.7 Å². The van der Waals surface area contributed by atoms with E-state index in [4.69, 9.17) is 0 Å². The van der Waals surface area contributed by atoms with E-state index in [0.29, 0.717) is 10.2 Å². The number of nitrogens with zero attached hydrogens (tertiary/aromatic N) is 2. The number of hydrogen-bond donors (Lipinski definition) is 0. The van der Waals surface area contributed by atoms with Crippen LogP contribution in [0.15, 0.2) is 39.2 Å². The zero-order chi connectivity index (χ0) is 15.1. The van der Waals surface area contributed by atoms with Crippen LogP contribution in [0.2, 0.25) is 0 Å². The van der Waals surface area contributed by atoms with E-state index in [-0.39, 0.29) is 11.4 Å². The lowest BCUT2D eigenvalue weighted by Crippen LogP contribution is -2.49. The van der Waals surface area contributed by atoms with Crippen molar-refractivity contribution >= 4 is 37.7 Å². The maximum Gasteiger partial charge on any atom is 0.338 e. The second-order valence-corrected chi connectivity index (χ2v) is 7.51. The van der Waals surface area contributed by atoms with E-state index in [0.717, 1.165) is 9.88 Å². The van der Waals surface area contributed by atoms with Crippen LogP contribution >= 0.6 is 15.9 Å². The summed E-state index contributed by atoms with van der Waals surface area (Å²) in [5.41, 5.74) is 1.33. The van der Waals surface area contributed by atoms with Crippen LogP contribution in [0, 0.1) is 0 Å². The van der Waals surface area contributed by atoms with Crippen molar-refractivity contribution in [2.45, 2.75) is 18.7 Å². The number of fused-ring (bicyclic) bond motifs is 1. The molecule has 0 fully saturated rings. The Morgan fingerprint density at radius 2 is 1.85 bits per heavy atom. The highest BCUT2D eigenvalue weighted by molar-refractivity contribution is 9.11. The van der Waals surface area contributed by atoms with E-state index in [9.17, 15) is 13.2 Å². The number of anilines is 1. The number of amides is 2. The lowest BCUT2D eigenvalue weighted by atomic mass is 10.3. The maximum atomic E-state index is 12.6. The van der Waals surface area contributed by atoms with Crippen LogP contribution in [0.5, 0.6) is 0 Å². The number of carbonyl (C=O) groups is 1. The van der Waals surface area contributed by atoms with Gasteiger partial charge in [-0.05, 0) is 26.0 Å². The SMILES string of the molecule is CC(C)=C(Br)CN1C(=O)N(C)c2ccccc2S1(=O)=O. The van der Waals surface area contributed by atoms with Crippen LogP contribution in [0.3, 0.4) is 0 Å². The normalized spacial score (nSPS) is 16.9. The Kier molecular flexibility index (Phi) is 3.93. The van der Waals surface area contributed by atoms with Gasteiger partial charge in [0.25, 0.3) is 10.0 Å². The van der Waals surface area contributed by atoms with E-state index >= 15 is 0 Å². The van der Waals surface area contributed by atoms with E-state index in [1.807, 2.05) is 13.8 Å². The number of halogens is 1. The molecule has 1 heterocycles. The Bertz CT molecular complexity index is 693. The number of allylic oxidation sites excluding steroid dienone is 1. The highest BCUT2D eigenvalue weighted by Gasteiger charge is 2.39. The molecule has 0 unspecified atom stereocenters. The van der Waals surface area contributed by atoms with Crippen LogP contribution < -0.4 is 4.90 Å².